The maximum Gasteiger partial charge on any atom is 0.246 e. The fraction of sp³-hybridized carbons (Fsp3) is 0.286. The molecule has 3 aromatic carbocycles. The Morgan fingerprint density at radius 2 is 1.74 bits per heavy atom. The van der Waals surface area contributed by atoms with E-state index in [1.807, 2.05) is 35.2 Å². The van der Waals surface area contributed by atoms with Gasteiger partial charge in [0.05, 0.1) is 12.6 Å². The molecular formula is C28H27N3O3. The zero-order chi connectivity index (χ0) is 23.2. The second-order valence-electron chi connectivity index (χ2n) is 9.16. The smallest absolute Gasteiger partial charge is 0.246 e. The lowest BCUT2D eigenvalue weighted by Crippen LogP contribution is -2.63. The topological polar surface area (TPSA) is 65.6 Å². The Bertz CT molecular complexity index is 1400. The number of H-pyrrole nitrogens is 1. The summed E-state index contributed by atoms with van der Waals surface area (Å²) in [6, 6.07) is 21.8. The van der Waals surface area contributed by atoms with Crippen LogP contribution in [0.3, 0.4) is 0 Å². The number of aromatic amines is 1. The van der Waals surface area contributed by atoms with Crippen molar-refractivity contribution in [3.05, 3.63) is 83.6 Å². The highest BCUT2D eigenvalue weighted by Gasteiger charge is 2.48. The molecule has 0 saturated carbocycles. The molecule has 2 aliphatic rings. The minimum atomic E-state index is -0.514. The van der Waals surface area contributed by atoms with Gasteiger partial charge in [-0.15, -0.1) is 0 Å². The predicted octanol–water partition coefficient (Wildman–Crippen LogP) is 4.04. The van der Waals surface area contributed by atoms with Gasteiger partial charge in [0, 0.05) is 43.3 Å². The summed E-state index contributed by atoms with van der Waals surface area (Å²) in [7, 11) is 1.65. The summed E-state index contributed by atoms with van der Waals surface area (Å²) in [5, 5.41) is 3.35. The lowest BCUT2D eigenvalue weighted by molar-refractivity contribution is -0.158. The van der Waals surface area contributed by atoms with Crippen LogP contribution in [0.5, 0.6) is 0 Å². The molecule has 2 amide bonds. The minimum Gasteiger partial charge on any atom is -0.385 e. The van der Waals surface area contributed by atoms with Gasteiger partial charge < -0.3 is 19.5 Å². The third-order valence-electron chi connectivity index (χ3n) is 7.24. The van der Waals surface area contributed by atoms with Crippen molar-refractivity contribution in [3.63, 3.8) is 0 Å². The maximum absolute atomic E-state index is 13.7. The molecule has 3 heterocycles. The molecule has 0 radical (unpaired) electrons. The van der Waals surface area contributed by atoms with Crippen LogP contribution in [0.4, 0.5) is 0 Å². The molecule has 4 aromatic rings. The van der Waals surface area contributed by atoms with Crippen LogP contribution in [0.2, 0.25) is 0 Å². The Labute approximate surface area is 198 Å². The molecule has 2 atom stereocenters. The number of carbonyl (C=O) groups excluding carboxylic acids is 2. The van der Waals surface area contributed by atoms with Crippen molar-refractivity contribution >= 4 is 33.5 Å². The minimum absolute atomic E-state index is 0.00995. The zero-order valence-corrected chi connectivity index (χ0v) is 19.2. The molecule has 172 valence electrons. The molecule has 1 saturated heterocycles. The lowest BCUT2D eigenvalue weighted by atomic mass is 9.84. The standard InChI is InChI=1S/C28H27N3O3/c1-34-15-7-14-30-17-25(32)31-24(28(30)33)16-22-20-11-4-5-13-23(20)29-26(22)27(31)21-12-6-9-18-8-2-3-10-19(18)21/h2-6,8-13,24,27,29H,7,14-17H2,1H3/t24-,27+/m0/s1. The largest absolute Gasteiger partial charge is 0.385 e. The van der Waals surface area contributed by atoms with E-state index in [2.05, 4.69) is 41.4 Å². The number of nitrogens with one attached hydrogen (secondary N) is 1. The van der Waals surface area contributed by atoms with Crippen molar-refractivity contribution in [1.29, 1.82) is 0 Å². The van der Waals surface area contributed by atoms with Crippen molar-refractivity contribution < 1.29 is 14.3 Å². The van der Waals surface area contributed by atoms with Gasteiger partial charge in [0.1, 0.15) is 6.04 Å². The van der Waals surface area contributed by atoms with Gasteiger partial charge in [-0.1, -0.05) is 60.7 Å². The van der Waals surface area contributed by atoms with E-state index in [0.717, 1.165) is 38.5 Å². The molecule has 0 aliphatic carbocycles. The third-order valence-corrected chi connectivity index (χ3v) is 7.24. The Balaban J connectivity index is 1.53. The molecule has 34 heavy (non-hydrogen) atoms. The molecule has 0 bridgehead atoms. The molecule has 1 fully saturated rings. The van der Waals surface area contributed by atoms with Crippen molar-refractivity contribution in [2.75, 3.05) is 26.8 Å². The lowest BCUT2D eigenvalue weighted by Gasteiger charge is -2.47. The first-order chi connectivity index (χ1) is 16.7. The Morgan fingerprint density at radius 1 is 0.971 bits per heavy atom. The van der Waals surface area contributed by atoms with Gasteiger partial charge in [-0.05, 0) is 34.4 Å². The molecule has 2 aliphatic heterocycles. The van der Waals surface area contributed by atoms with Crippen LogP contribution in [0, 0.1) is 0 Å². The Morgan fingerprint density at radius 3 is 2.59 bits per heavy atom. The van der Waals surface area contributed by atoms with Crippen LogP contribution < -0.4 is 0 Å². The zero-order valence-electron chi connectivity index (χ0n) is 19.2. The molecule has 0 spiro atoms. The number of piperazine rings is 1. The van der Waals surface area contributed by atoms with Crippen molar-refractivity contribution in [2.45, 2.75) is 24.9 Å². The van der Waals surface area contributed by atoms with Crippen LogP contribution in [-0.4, -0.2) is 59.4 Å². The SMILES string of the molecule is COCCCN1CC(=O)N2[C@H](c3cccc4ccccc34)c3[nH]c4ccccc4c3C[C@H]2C1=O. The van der Waals surface area contributed by atoms with E-state index in [-0.39, 0.29) is 24.4 Å². The van der Waals surface area contributed by atoms with Crippen LogP contribution >= 0.6 is 0 Å². The first-order valence-electron chi connectivity index (χ1n) is 11.8. The summed E-state index contributed by atoms with van der Waals surface area (Å²) in [4.78, 5) is 34.5. The predicted molar refractivity (Wildman–Crippen MR) is 132 cm³/mol. The molecule has 6 heteroatoms. The number of ether oxygens (including phenoxy) is 1. The van der Waals surface area contributed by atoms with E-state index in [1.165, 1.54) is 0 Å². The van der Waals surface area contributed by atoms with E-state index < -0.39 is 6.04 Å². The maximum atomic E-state index is 13.7. The molecule has 0 unspecified atom stereocenters. The summed E-state index contributed by atoms with van der Waals surface area (Å²) >= 11 is 0. The van der Waals surface area contributed by atoms with Gasteiger partial charge >= 0.3 is 0 Å². The quantitative estimate of drug-likeness (QED) is 0.464. The molecule has 6 rings (SSSR count). The van der Waals surface area contributed by atoms with Gasteiger partial charge in [-0.3, -0.25) is 9.59 Å². The number of carbonyl (C=O) groups is 2. The van der Waals surface area contributed by atoms with Gasteiger partial charge in [0.2, 0.25) is 11.8 Å². The second kappa shape index (κ2) is 8.29. The summed E-state index contributed by atoms with van der Waals surface area (Å²) in [6.07, 6.45) is 1.24. The second-order valence-corrected chi connectivity index (χ2v) is 9.16. The number of benzene rings is 3. The number of fused-ring (bicyclic) bond motifs is 5. The number of nitrogens with zero attached hydrogens (tertiary/aromatic N) is 2. The molecule has 1 aromatic heterocycles. The normalized spacial score (nSPS) is 20.1. The fourth-order valence-corrected chi connectivity index (χ4v) is 5.73. The monoisotopic (exact) mass is 453 g/mol. The number of hydrogen-bond acceptors (Lipinski definition) is 3. The van der Waals surface area contributed by atoms with Crippen LogP contribution in [-0.2, 0) is 20.7 Å². The summed E-state index contributed by atoms with van der Waals surface area (Å²) < 4.78 is 5.16. The van der Waals surface area contributed by atoms with Gasteiger partial charge in [-0.25, -0.2) is 0 Å². The van der Waals surface area contributed by atoms with Gasteiger partial charge in [0.15, 0.2) is 0 Å². The Hall–Kier alpha value is -3.64. The first-order valence-corrected chi connectivity index (χ1v) is 11.8. The van der Waals surface area contributed by atoms with Gasteiger partial charge in [-0.2, -0.15) is 0 Å². The van der Waals surface area contributed by atoms with Crippen molar-refractivity contribution in [1.82, 2.24) is 14.8 Å². The fourth-order valence-electron chi connectivity index (χ4n) is 5.73. The number of methoxy groups -OCH3 is 1. The van der Waals surface area contributed by atoms with Crippen LogP contribution in [0.15, 0.2) is 66.7 Å². The molecule has 1 N–H and O–H groups in total. The van der Waals surface area contributed by atoms with Gasteiger partial charge in [0.25, 0.3) is 0 Å². The highest BCUT2D eigenvalue weighted by Crippen LogP contribution is 2.44. The van der Waals surface area contributed by atoms with E-state index in [4.69, 9.17) is 4.74 Å². The average molecular weight is 454 g/mol. The van der Waals surface area contributed by atoms with Crippen molar-refractivity contribution in [3.8, 4) is 0 Å². The summed E-state index contributed by atoms with van der Waals surface area (Å²) in [5.41, 5.74) is 4.23. The van der Waals surface area contributed by atoms with E-state index >= 15 is 0 Å². The van der Waals surface area contributed by atoms with E-state index in [9.17, 15) is 9.59 Å². The average Bonchev–Trinajstić information content (AvgIpc) is 3.24. The van der Waals surface area contributed by atoms with Crippen LogP contribution in [0.1, 0.15) is 29.3 Å². The van der Waals surface area contributed by atoms with Crippen molar-refractivity contribution in [2.24, 2.45) is 0 Å². The molecule has 6 nitrogen and oxygen atoms in total. The third kappa shape index (κ3) is 3.21. The van der Waals surface area contributed by atoms with E-state index in [1.54, 1.807) is 12.0 Å². The number of hydrogen-bond donors (Lipinski definition) is 1. The molecular weight excluding hydrogens is 426 g/mol. The van der Waals surface area contributed by atoms with E-state index in [0.29, 0.717) is 26.0 Å². The number of amides is 2. The number of rotatable bonds is 5. The van der Waals surface area contributed by atoms with Crippen LogP contribution in [0.25, 0.3) is 21.7 Å². The Kier molecular flexibility index (Phi) is 5.11. The summed E-state index contributed by atoms with van der Waals surface area (Å²) in [5.74, 6) is 0.0149. The first kappa shape index (κ1) is 20.9. The summed E-state index contributed by atoms with van der Waals surface area (Å²) in [6.45, 7) is 1.20. The number of para-hydroxylation sites is 1. The highest BCUT2D eigenvalue weighted by molar-refractivity contribution is 5.98. The highest BCUT2D eigenvalue weighted by atomic mass is 16.5. The number of aromatic nitrogens is 1.